The zero-order valence-electron chi connectivity index (χ0n) is 6.72. The topological polar surface area (TPSA) is 56.0 Å². The van der Waals surface area contributed by atoms with E-state index in [4.69, 9.17) is 0 Å². The molecule has 0 unspecified atom stereocenters. The highest BCUT2D eigenvalue weighted by Gasteiger charge is 2.12. The van der Waals surface area contributed by atoms with Crippen LogP contribution in [0.5, 0.6) is 0 Å². The zero-order valence-corrected chi connectivity index (χ0v) is 6.72. The van der Waals surface area contributed by atoms with Crippen molar-refractivity contribution in [2.24, 2.45) is 0 Å². The summed E-state index contributed by atoms with van der Waals surface area (Å²) in [4.78, 5) is 6.21. The predicted molar refractivity (Wildman–Crippen MR) is 43.9 cm³/mol. The number of hydrogen-bond donors (Lipinski definition) is 0. The molecule has 0 aromatic carbocycles. The number of hydrogen-bond acceptors (Lipinski definition) is 4. The Balaban J connectivity index is 2.08. The number of nitrogens with zero attached hydrogens (tertiary/aromatic N) is 5. The summed E-state index contributed by atoms with van der Waals surface area (Å²) < 4.78 is 0. The SMILES string of the molecule is c1cnc(N2CC[N]CC2)nn1. The van der Waals surface area contributed by atoms with Crippen LogP contribution in [0.2, 0.25) is 0 Å². The first-order valence-electron chi connectivity index (χ1n) is 3.99. The second kappa shape index (κ2) is 3.44. The van der Waals surface area contributed by atoms with E-state index in [-0.39, 0.29) is 0 Å². The van der Waals surface area contributed by atoms with E-state index in [1.165, 1.54) is 0 Å². The van der Waals surface area contributed by atoms with Crippen LogP contribution in [0, 0.1) is 0 Å². The minimum absolute atomic E-state index is 0.715. The van der Waals surface area contributed by atoms with Crippen LogP contribution in [0.1, 0.15) is 0 Å². The fraction of sp³-hybridized carbons (Fsp3) is 0.571. The maximum atomic E-state index is 4.24. The Kier molecular flexibility index (Phi) is 2.13. The third-order valence-electron chi connectivity index (χ3n) is 1.81. The normalized spacial score (nSPS) is 17.8. The molecule has 1 aliphatic heterocycles. The van der Waals surface area contributed by atoms with Crippen molar-refractivity contribution in [3.05, 3.63) is 12.4 Å². The van der Waals surface area contributed by atoms with Crippen LogP contribution in [0.3, 0.4) is 0 Å². The Morgan fingerprint density at radius 1 is 1.17 bits per heavy atom. The molecule has 63 valence electrons. The average Bonchev–Trinajstić information content (AvgIpc) is 2.21. The molecule has 0 atom stereocenters. The lowest BCUT2D eigenvalue weighted by Gasteiger charge is -2.25. The van der Waals surface area contributed by atoms with Crippen molar-refractivity contribution in [3.8, 4) is 0 Å². The molecule has 0 N–H and O–H groups in total. The molecule has 0 saturated carbocycles. The Bertz CT molecular complexity index is 231. The maximum absolute atomic E-state index is 4.24. The van der Waals surface area contributed by atoms with Crippen molar-refractivity contribution in [1.29, 1.82) is 0 Å². The minimum Gasteiger partial charge on any atom is -0.337 e. The van der Waals surface area contributed by atoms with Crippen LogP contribution in [0.15, 0.2) is 12.4 Å². The number of aromatic nitrogens is 3. The summed E-state index contributed by atoms with van der Waals surface area (Å²) in [7, 11) is 0. The van der Waals surface area contributed by atoms with Crippen LogP contribution >= 0.6 is 0 Å². The second-order valence-corrected chi connectivity index (χ2v) is 2.60. The predicted octanol–water partition coefficient (Wildman–Crippen LogP) is -0.704. The second-order valence-electron chi connectivity index (χ2n) is 2.60. The van der Waals surface area contributed by atoms with Gasteiger partial charge in [-0.25, -0.2) is 10.3 Å². The van der Waals surface area contributed by atoms with Crippen molar-refractivity contribution in [1.82, 2.24) is 20.5 Å². The van der Waals surface area contributed by atoms with E-state index in [1.807, 2.05) is 0 Å². The van der Waals surface area contributed by atoms with Crippen LogP contribution in [-0.2, 0) is 0 Å². The highest BCUT2D eigenvalue weighted by Crippen LogP contribution is 2.04. The zero-order chi connectivity index (χ0) is 8.23. The maximum Gasteiger partial charge on any atom is 0.245 e. The Hall–Kier alpha value is -1.23. The molecule has 5 heteroatoms. The molecule has 1 aromatic heterocycles. The van der Waals surface area contributed by atoms with Gasteiger partial charge >= 0.3 is 0 Å². The molecule has 1 saturated heterocycles. The first kappa shape index (κ1) is 7.42. The van der Waals surface area contributed by atoms with Gasteiger partial charge in [0.25, 0.3) is 0 Å². The van der Waals surface area contributed by atoms with Gasteiger partial charge in [-0.3, -0.25) is 0 Å². The van der Waals surface area contributed by atoms with Gasteiger partial charge < -0.3 is 4.90 Å². The lowest BCUT2D eigenvalue weighted by molar-refractivity contribution is 0.567. The highest BCUT2D eigenvalue weighted by atomic mass is 15.3. The fourth-order valence-corrected chi connectivity index (χ4v) is 1.19. The Morgan fingerprint density at radius 2 is 2.00 bits per heavy atom. The summed E-state index contributed by atoms with van der Waals surface area (Å²) in [6.07, 6.45) is 3.24. The molecule has 12 heavy (non-hydrogen) atoms. The average molecular weight is 164 g/mol. The highest BCUT2D eigenvalue weighted by molar-refractivity contribution is 5.27. The van der Waals surface area contributed by atoms with E-state index in [1.54, 1.807) is 12.4 Å². The van der Waals surface area contributed by atoms with Gasteiger partial charge in [0, 0.05) is 26.2 Å². The molecular formula is C7H10N5. The molecule has 2 rings (SSSR count). The number of anilines is 1. The summed E-state index contributed by atoms with van der Waals surface area (Å²) >= 11 is 0. The molecular weight excluding hydrogens is 154 g/mol. The summed E-state index contributed by atoms with van der Waals surface area (Å²) in [6.45, 7) is 3.56. The molecule has 1 aliphatic rings. The van der Waals surface area contributed by atoms with Gasteiger partial charge in [0.05, 0.1) is 12.4 Å². The molecule has 0 aliphatic carbocycles. The molecule has 5 nitrogen and oxygen atoms in total. The summed E-state index contributed by atoms with van der Waals surface area (Å²) in [5, 5.41) is 11.9. The van der Waals surface area contributed by atoms with Crippen molar-refractivity contribution < 1.29 is 0 Å². The van der Waals surface area contributed by atoms with E-state index >= 15 is 0 Å². The van der Waals surface area contributed by atoms with Gasteiger partial charge in [-0.05, 0) is 0 Å². The van der Waals surface area contributed by atoms with E-state index in [0.717, 1.165) is 26.2 Å². The van der Waals surface area contributed by atoms with E-state index < -0.39 is 0 Å². The standard InChI is InChI=1S/C7H10N5/c1-2-10-11-7(9-1)12-5-3-8-4-6-12/h1-2H,3-6H2. The molecule has 0 bridgehead atoms. The van der Waals surface area contributed by atoms with E-state index in [2.05, 4.69) is 25.4 Å². The van der Waals surface area contributed by atoms with Gasteiger partial charge in [-0.2, -0.15) is 5.10 Å². The Morgan fingerprint density at radius 3 is 2.67 bits per heavy atom. The van der Waals surface area contributed by atoms with Crippen molar-refractivity contribution in [3.63, 3.8) is 0 Å². The van der Waals surface area contributed by atoms with Crippen molar-refractivity contribution in [2.75, 3.05) is 31.1 Å². The largest absolute Gasteiger partial charge is 0.337 e. The lowest BCUT2D eigenvalue weighted by atomic mass is 10.4. The molecule has 0 spiro atoms. The fourth-order valence-electron chi connectivity index (χ4n) is 1.19. The van der Waals surface area contributed by atoms with Crippen molar-refractivity contribution >= 4 is 5.95 Å². The van der Waals surface area contributed by atoms with Crippen molar-refractivity contribution in [2.45, 2.75) is 0 Å². The molecule has 1 aromatic rings. The van der Waals surface area contributed by atoms with Gasteiger partial charge in [0.2, 0.25) is 5.95 Å². The summed E-state index contributed by atoms with van der Waals surface area (Å²) in [5.74, 6) is 0.715. The van der Waals surface area contributed by atoms with E-state index in [9.17, 15) is 0 Å². The smallest absolute Gasteiger partial charge is 0.245 e. The van der Waals surface area contributed by atoms with Crippen LogP contribution < -0.4 is 10.2 Å². The first-order chi connectivity index (χ1) is 5.97. The molecule has 0 amide bonds. The van der Waals surface area contributed by atoms with Crippen LogP contribution in [0.4, 0.5) is 5.95 Å². The van der Waals surface area contributed by atoms with Crippen LogP contribution in [-0.4, -0.2) is 41.4 Å². The third kappa shape index (κ3) is 1.50. The lowest BCUT2D eigenvalue weighted by Crippen LogP contribution is -2.41. The monoisotopic (exact) mass is 164 g/mol. The van der Waals surface area contributed by atoms with Crippen LogP contribution in [0.25, 0.3) is 0 Å². The van der Waals surface area contributed by atoms with Gasteiger partial charge in [0.1, 0.15) is 0 Å². The molecule has 2 heterocycles. The Labute approximate surface area is 70.8 Å². The third-order valence-corrected chi connectivity index (χ3v) is 1.81. The quantitative estimate of drug-likeness (QED) is 0.550. The summed E-state index contributed by atoms with van der Waals surface area (Å²) in [6, 6.07) is 0. The minimum atomic E-state index is 0.715. The van der Waals surface area contributed by atoms with E-state index in [0.29, 0.717) is 5.95 Å². The number of rotatable bonds is 1. The van der Waals surface area contributed by atoms with Gasteiger partial charge in [-0.1, -0.05) is 0 Å². The molecule has 1 fully saturated rings. The number of piperazine rings is 1. The first-order valence-corrected chi connectivity index (χ1v) is 3.99. The van der Waals surface area contributed by atoms with Gasteiger partial charge in [-0.15, -0.1) is 5.10 Å². The molecule has 1 radical (unpaired) electrons. The summed E-state index contributed by atoms with van der Waals surface area (Å²) in [5.41, 5.74) is 0. The van der Waals surface area contributed by atoms with Gasteiger partial charge in [0.15, 0.2) is 0 Å².